The molecule has 4 nitrogen and oxygen atoms in total. The summed E-state index contributed by atoms with van der Waals surface area (Å²) in [5, 5.41) is 2.69. The Morgan fingerprint density at radius 3 is 2.71 bits per heavy atom. The standard InChI is InChI=1S/C16H17FN2O2/c1-3-19-16(20)11-5-7-14(18)15(8-11)21-12-6-4-10(2)13(17)9-12/h4-9H,3,18H2,1-2H3,(H,19,20). The van der Waals surface area contributed by atoms with Gasteiger partial charge in [-0.25, -0.2) is 4.39 Å². The summed E-state index contributed by atoms with van der Waals surface area (Å²) in [5.41, 5.74) is 7.18. The van der Waals surface area contributed by atoms with Crippen LogP contribution in [-0.4, -0.2) is 12.5 Å². The van der Waals surface area contributed by atoms with Crippen molar-refractivity contribution in [3.05, 3.63) is 53.3 Å². The summed E-state index contributed by atoms with van der Waals surface area (Å²) in [4.78, 5) is 11.8. The van der Waals surface area contributed by atoms with E-state index < -0.39 is 0 Å². The van der Waals surface area contributed by atoms with Gasteiger partial charge >= 0.3 is 0 Å². The Labute approximate surface area is 122 Å². The molecule has 0 fully saturated rings. The van der Waals surface area contributed by atoms with Crippen LogP contribution in [0.3, 0.4) is 0 Å². The SMILES string of the molecule is CCNC(=O)c1ccc(N)c(Oc2ccc(C)c(F)c2)c1. The second-order valence-corrected chi connectivity index (χ2v) is 4.63. The van der Waals surface area contributed by atoms with Crippen LogP contribution in [0.15, 0.2) is 36.4 Å². The van der Waals surface area contributed by atoms with Crippen molar-refractivity contribution in [3.63, 3.8) is 0 Å². The molecule has 0 spiro atoms. The van der Waals surface area contributed by atoms with Crippen molar-refractivity contribution in [2.45, 2.75) is 13.8 Å². The highest BCUT2D eigenvalue weighted by molar-refractivity contribution is 5.95. The third kappa shape index (κ3) is 3.51. The van der Waals surface area contributed by atoms with Crippen molar-refractivity contribution >= 4 is 11.6 Å². The van der Waals surface area contributed by atoms with Gasteiger partial charge in [0.2, 0.25) is 0 Å². The Kier molecular flexibility index (Phi) is 4.42. The van der Waals surface area contributed by atoms with Crippen molar-refractivity contribution in [1.29, 1.82) is 0 Å². The summed E-state index contributed by atoms with van der Waals surface area (Å²) in [6.07, 6.45) is 0. The number of aryl methyl sites for hydroxylation is 1. The van der Waals surface area contributed by atoms with E-state index in [-0.39, 0.29) is 11.7 Å². The van der Waals surface area contributed by atoms with Gasteiger partial charge in [-0.2, -0.15) is 0 Å². The molecule has 0 heterocycles. The number of carbonyl (C=O) groups is 1. The van der Waals surface area contributed by atoms with Crippen molar-refractivity contribution in [2.75, 3.05) is 12.3 Å². The van der Waals surface area contributed by atoms with Crippen molar-refractivity contribution < 1.29 is 13.9 Å². The molecule has 0 bridgehead atoms. The lowest BCUT2D eigenvalue weighted by Gasteiger charge is -2.11. The van der Waals surface area contributed by atoms with Crippen molar-refractivity contribution in [2.24, 2.45) is 0 Å². The summed E-state index contributed by atoms with van der Waals surface area (Å²) in [7, 11) is 0. The molecule has 0 aliphatic rings. The van der Waals surface area contributed by atoms with Gasteiger partial charge in [0.1, 0.15) is 11.6 Å². The number of ether oxygens (including phenoxy) is 1. The predicted molar refractivity (Wildman–Crippen MR) is 80.1 cm³/mol. The molecule has 0 aliphatic heterocycles. The van der Waals surface area contributed by atoms with Crippen LogP contribution in [0.25, 0.3) is 0 Å². The van der Waals surface area contributed by atoms with Gasteiger partial charge in [0.15, 0.2) is 5.75 Å². The van der Waals surface area contributed by atoms with Crippen LogP contribution >= 0.6 is 0 Å². The van der Waals surface area contributed by atoms with E-state index in [1.807, 2.05) is 6.92 Å². The second kappa shape index (κ2) is 6.26. The number of amides is 1. The molecule has 2 aromatic rings. The van der Waals surface area contributed by atoms with Gasteiger partial charge in [-0.1, -0.05) is 6.07 Å². The molecule has 2 rings (SSSR count). The maximum atomic E-state index is 13.5. The van der Waals surface area contributed by atoms with E-state index in [1.165, 1.54) is 12.1 Å². The molecule has 0 aromatic heterocycles. The summed E-state index contributed by atoms with van der Waals surface area (Å²) in [5.74, 6) is 0.0863. The Hall–Kier alpha value is -2.56. The number of carbonyl (C=O) groups excluding carboxylic acids is 1. The van der Waals surface area contributed by atoms with Crippen LogP contribution in [0.4, 0.5) is 10.1 Å². The second-order valence-electron chi connectivity index (χ2n) is 4.63. The molecule has 0 aliphatic carbocycles. The van der Waals surface area contributed by atoms with Gasteiger partial charge in [0.05, 0.1) is 5.69 Å². The molecular weight excluding hydrogens is 271 g/mol. The lowest BCUT2D eigenvalue weighted by molar-refractivity contribution is 0.0955. The minimum absolute atomic E-state index is 0.211. The topological polar surface area (TPSA) is 64.4 Å². The first-order valence-corrected chi connectivity index (χ1v) is 6.63. The van der Waals surface area contributed by atoms with Crippen molar-refractivity contribution in [3.8, 4) is 11.5 Å². The molecule has 0 saturated carbocycles. The summed E-state index contributed by atoms with van der Waals surface area (Å²) < 4.78 is 19.1. The zero-order valence-corrected chi connectivity index (χ0v) is 11.9. The quantitative estimate of drug-likeness (QED) is 0.849. The Morgan fingerprint density at radius 2 is 2.05 bits per heavy atom. The molecule has 2 aromatic carbocycles. The highest BCUT2D eigenvalue weighted by Gasteiger charge is 2.10. The van der Waals surface area contributed by atoms with E-state index in [0.717, 1.165) is 0 Å². The van der Waals surface area contributed by atoms with E-state index in [0.29, 0.717) is 34.9 Å². The van der Waals surface area contributed by atoms with E-state index in [4.69, 9.17) is 10.5 Å². The predicted octanol–water partition coefficient (Wildman–Crippen LogP) is 3.26. The average molecular weight is 288 g/mol. The molecule has 21 heavy (non-hydrogen) atoms. The van der Waals surface area contributed by atoms with Crippen molar-refractivity contribution in [1.82, 2.24) is 5.32 Å². The maximum absolute atomic E-state index is 13.5. The van der Waals surface area contributed by atoms with Gasteiger partial charge in [-0.3, -0.25) is 4.79 Å². The fraction of sp³-hybridized carbons (Fsp3) is 0.188. The molecule has 0 unspecified atom stereocenters. The smallest absolute Gasteiger partial charge is 0.251 e. The third-order valence-corrected chi connectivity index (χ3v) is 2.98. The largest absolute Gasteiger partial charge is 0.455 e. The number of nitrogens with two attached hydrogens (primary N) is 1. The Balaban J connectivity index is 2.28. The van der Waals surface area contributed by atoms with E-state index in [9.17, 15) is 9.18 Å². The zero-order chi connectivity index (χ0) is 15.4. The van der Waals surface area contributed by atoms with Gasteiger partial charge in [0, 0.05) is 18.2 Å². The molecule has 5 heteroatoms. The minimum atomic E-state index is -0.356. The lowest BCUT2D eigenvalue weighted by atomic mass is 10.1. The normalized spacial score (nSPS) is 10.2. The Morgan fingerprint density at radius 1 is 1.29 bits per heavy atom. The molecule has 0 radical (unpaired) electrons. The van der Waals surface area contributed by atoms with Gasteiger partial charge in [0.25, 0.3) is 5.91 Å². The fourth-order valence-corrected chi connectivity index (χ4v) is 1.79. The molecule has 0 saturated heterocycles. The summed E-state index contributed by atoms with van der Waals surface area (Å²) in [6, 6.07) is 9.30. The third-order valence-electron chi connectivity index (χ3n) is 2.98. The molecule has 3 N–H and O–H groups in total. The summed E-state index contributed by atoms with van der Waals surface area (Å²) >= 11 is 0. The molecule has 110 valence electrons. The first kappa shape index (κ1) is 14.8. The number of nitrogen functional groups attached to an aromatic ring is 1. The van der Waals surface area contributed by atoms with Crippen LogP contribution in [0, 0.1) is 12.7 Å². The maximum Gasteiger partial charge on any atom is 0.251 e. The average Bonchev–Trinajstić information content (AvgIpc) is 2.45. The van der Waals surface area contributed by atoms with Crippen LogP contribution in [0.5, 0.6) is 11.5 Å². The first-order valence-electron chi connectivity index (χ1n) is 6.63. The van der Waals surface area contributed by atoms with E-state index in [1.54, 1.807) is 31.2 Å². The fourth-order valence-electron chi connectivity index (χ4n) is 1.79. The van der Waals surface area contributed by atoms with E-state index in [2.05, 4.69) is 5.32 Å². The van der Waals surface area contributed by atoms with E-state index >= 15 is 0 Å². The highest BCUT2D eigenvalue weighted by atomic mass is 19.1. The van der Waals surface area contributed by atoms with Crippen LogP contribution in [0.2, 0.25) is 0 Å². The summed E-state index contributed by atoms with van der Waals surface area (Å²) in [6.45, 7) is 4.04. The highest BCUT2D eigenvalue weighted by Crippen LogP contribution is 2.29. The monoisotopic (exact) mass is 288 g/mol. The van der Waals surface area contributed by atoms with Crippen LogP contribution in [0.1, 0.15) is 22.8 Å². The number of nitrogens with one attached hydrogen (secondary N) is 1. The van der Waals surface area contributed by atoms with Gasteiger partial charge < -0.3 is 15.8 Å². The molecular formula is C16H17FN2O2. The molecule has 0 atom stereocenters. The van der Waals surface area contributed by atoms with Crippen LogP contribution in [-0.2, 0) is 0 Å². The number of rotatable bonds is 4. The van der Waals surface area contributed by atoms with Crippen LogP contribution < -0.4 is 15.8 Å². The lowest BCUT2D eigenvalue weighted by Crippen LogP contribution is -2.22. The first-order chi connectivity index (χ1) is 10.0. The number of anilines is 1. The van der Waals surface area contributed by atoms with Gasteiger partial charge in [-0.15, -0.1) is 0 Å². The van der Waals surface area contributed by atoms with Gasteiger partial charge in [-0.05, 0) is 43.7 Å². The molecule has 1 amide bonds. The number of hydrogen-bond donors (Lipinski definition) is 2. The zero-order valence-electron chi connectivity index (χ0n) is 11.9. The Bertz CT molecular complexity index is 671. The number of hydrogen-bond acceptors (Lipinski definition) is 3. The minimum Gasteiger partial charge on any atom is -0.455 e. The number of halogens is 1. The number of benzene rings is 2.